The molecule has 25 heavy (non-hydrogen) atoms. The molecule has 132 valence electrons. The Morgan fingerprint density at radius 2 is 1.48 bits per heavy atom. The molecule has 0 amide bonds. The minimum absolute atomic E-state index is 0.0473. The largest absolute Gasteiger partial charge is 0.404 e. The fraction of sp³-hybridized carbons (Fsp3) is 0.286. The molecule has 0 radical (unpaired) electrons. The average Bonchev–Trinajstić information content (AvgIpc) is 2.62. The molecule has 2 aromatic carbocycles. The van der Waals surface area contributed by atoms with Gasteiger partial charge in [0.1, 0.15) is 0 Å². The Labute approximate surface area is 156 Å². The highest BCUT2D eigenvalue weighted by Crippen LogP contribution is 2.36. The van der Waals surface area contributed by atoms with Gasteiger partial charge < -0.3 is 4.43 Å². The first kappa shape index (κ1) is 19.7. The van der Waals surface area contributed by atoms with E-state index >= 15 is 0 Å². The summed E-state index contributed by atoms with van der Waals surface area (Å²) >= 11 is 1.21. The van der Waals surface area contributed by atoms with Gasteiger partial charge in [-0.2, -0.15) is 0 Å². The lowest BCUT2D eigenvalue weighted by atomic mass is 10.2. The number of carbonyl (C=O) groups is 1. The van der Waals surface area contributed by atoms with Gasteiger partial charge in [0, 0.05) is 0 Å². The zero-order valence-corrected chi connectivity index (χ0v) is 17.2. The summed E-state index contributed by atoms with van der Waals surface area (Å²) in [5.41, 5.74) is 0. The zero-order valence-electron chi connectivity index (χ0n) is 15.4. The summed E-state index contributed by atoms with van der Waals surface area (Å²) in [4.78, 5) is 11.5. The molecule has 2 aromatic rings. The number of hydrogen-bond donors (Lipinski definition) is 0. The maximum absolute atomic E-state index is 11.5. The van der Waals surface area contributed by atoms with Crippen LogP contribution < -0.4 is 10.4 Å². The molecule has 0 aromatic heterocycles. The SMILES string of the molecule is CSC(=O)/C=C/CO[Si](c1ccccc1)(c1ccccc1)C(C)(C)C. The quantitative estimate of drug-likeness (QED) is 0.568. The summed E-state index contributed by atoms with van der Waals surface area (Å²) in [6, 6.07) is 21.0. The Morgan fingerprint density at radius 3 is 1.88 bits per heavy atom. The van der Waals surface area contributed by atoms with E-state index in [1.807, 2.05) is 18.2 Å². The van der Waals surface area contributed by atoms with Crippen LogP contribution in [-0.4, -0.2) is 26.3 Å². The fourth-order valence-electron chi connectivity index (χ4n) is 3.15. The molecule has 0 aliphatic carbocycles. The van der Waals surface area contributed by atoms with Crippen molar-refractivity contribution in [1.29, 1.82) is 0 Å². The Balaban J connectivity index is 2.49. The monoisotopic (exact) mass is 370 g/mol. The molecule has 2 rings (SSSR count). The standard InChI is InChI=1S/C21H26O2SSi/c1-21(2,3)25(18-12-7-5-8-13-18,19-14-9-6-10-15-19)23-17-11-16-20(22)24-4/h5-16H,17H2,1-4H3/b16-11+. The van der Waals surface area contributed by atoms with Crippen molar-refractivity contribution in [2.24, 2.45) is 0 Å². The van der Waals surface area contributed by atoms with Gasteiger partial charge >= 0.3 is 0 Å². The normalized spacial score (nSPS) is 12.5. The van der Waals surface area contributed by atoms with Crippen LogP contribution >= 0.6 is 11.8 Å². The number of rotatable bonds is 6. The van der Waals surface area contributed by atoms with Gasteiger partial charge in [-0.3, -0.25) is 4.79 Å². The van der Waals surface area contributed by atoms with E-state index in [9.17, 15) is 4.79 Å². The molecule has 0 saturated heterocycles. The third-order valence-corrected chi connectivity index (χ3v) is 9.81. The fourth-order valence-corrected chi connectivity index (χ4v) is 7.88. The van der Waals surface area contributed by atoms with Crippen molar-refractivity contribution < 1.29 is 9.22 Å². The van der Waals surface area contributed by atoms with E-state index in [2.05, 4.69) is 69.3 Å². The molecule has 0 atom stereocenters. The van der Waals surface area contributed by atoms with E-state index in [-0.39, 0.29) is 10.2 Å². The lowest BCUT2D eigenvalue weighted by Gasteiger charge is -2.42. The lowest BCUT2D eigenvalue weighted by molar-refractivity contribution is -0.107. The van der Waals surface area contributed by atoms with Crippen LogP contribution in [0.2, 0.25) is 5.04 Å². The van der Waals surface area contributed by atoms with E-state index in [0.717, 1.165) is 0 Å². The molecular formula is C21H26O2SSi. The second-order valence-corrected chi connectivity index (χ2v) is 12.0. The van der Waals surface area contributed by atoms with Crippen LogP contribution in [-0.2, 0) is 9.22 Å². The molecule has 0 aliphatic rings. The summed E-state index contributed by atoms with van der Waals surface area (Å²) in [5, 5.41) is 2.50. The molecule has 2 nitrogen and oxygen atoms in total. The Morgan fingerprint density at radius 1 is 1.00 bits per heavy atom. The van der Waals surface area contributed by atoms with E-state index in [1.165, 1.54) is 22.1 Å². The molecule has 0 fully saturated rings. The maximum Gasteiger partial charge on any atom is 0.261 e. The molecule has 0 aliphatic heterocycles. The molecule has 0 N–H and O–H groups in total. The van der Waals surface area contributed by atoms with Crippen LogP contribution in [0.3, 0.4) is 0 Å². The van der Waals surface area contributed by atoms with Gasteiger partial charge in [-0.15, -0.1) is 0 Å². The smallest absolute Gasteiger partial charge is 0.261 e. The molecule has 0 saturated carbocycles. The van der Waals surface area contributed by atoms with Crippen LogP contribution in [0, 0.1) is 0 Å². The molecule has 0 unspecified atom stereocenters. The molecule has 0 spiro atoms. The number of hydrogen-bond acceptors (Lipinski definition) is 3. The first-order valence-corrected chi connectivity index (χ1v) is 11.5. The van der Waals surface area contributed by atoms with Gasteiger partial charge in [0.25, 0.3) is 8.32 Å². The minimum Gasteiger partial charge on any atom is -0.404 e. The summed E-state index contributed by atoms with van der Waals surface area (Å²) < 4.78 is 6.65. The van der Waals surface area contributed by atoms with Crippen molar-refractivity contribution >= 4 is 35.6 Å². The molecular weight excluding hydrogens is 344 g/mol. The third kappa shape index (κ3) is 4.51. The highest BCUT2D eigenvalue weighted by Gasteiger charge is 2.49. The van der Waals surface area contributed by atoms with Crippen LogP contribution in [0.1, 0.15) is 20.8 Å². The van der Waals surface area contributed by atoms with E-state index in [0.29, 0.717) is 6.61 Å². The first-order chi connectivity index (χ1) is 11.9. The summed E-state index contributed by atoms with van der Waals surface area (Å²) in [6.45, 7) is 7.17. The second kappa shape index (κ2) is 8.65. The molecule has 0 heterocycles. The summed E-state index contributed by atoms with van der Waals surface area (Å²) in [7, 11) is -2.50. The van der Waals surface area contributed by atoms with E-state index in [4.69, 9.17) is 4.43 Å². The van der Waals surface area contributed by atoms with Gasteiger partial charge in [0.2, 0.25) is 5.12 Å². The van der Waals surface area contributed by atoms with E-state index in [1.54, 1.807) is 12.3 Å². The number of benzene rings is 2. The highest BCUT2D eigenvalue weighted by molar-refractivity contribution is 8.13. The van der Waals surface area contributed by atoms with Crippen LogP contribution in [0.15, 0.2) is 72.8 Å². The second-order valence-electron chi connectivity index (χ2n) is 6.90. The minimum atomic E-state index is -2.50. The Hall–Kier alpha value is -1.62. The first-order valence-electron chi connectivity index (χ1n) is 8.41. The van der Waals surface area contributed by atoms with Crippen LogP contribution in [0.25, 0.3) is 0 Å². The van der Waals surface area contributed by atoms with Gasteiger partial charge in [-0.1, -0.05) is 99.3 Å². The summed E-state index contributed by atoms with van der Waals surface area (Å²) in [5.74, 6) is 0. The predicted octanol–water partition coefficient (Wildman–Crippen LogP) is 4.01. The van der Waals surface area contributed by atoms with Gasteiger partial charge in [0.05, 0.1) is 6.61 Å². The van der Waals surface area contributed by atoms with Crippen molar-refractivity contribution in [3.8, 4) is 0 Å². The highest BCUT2D eigenvalue weighted by atomic mass is 32.2. The third-order valence-electron chi connectivity index (χ3n) is 4.27. The van der Waals surface area contributed by atoms with Crippen molar-refractivity contribution in [3.63, 3.8) is 0 Å². The van der Waals surface area contributed by atoms with E-state index < -0.39 is 8.32 Å². The average molecular weight is 371 g/mol. The number of carbonyl (C=O) groups excluding carboxylic acids is 1. The molecule has 0 bridgehead atoms. The van der Waals surface area contributed by atoms with Crippen molar-refractivity contribution in [3.05, 3.63) is 72.8 Å². The Kier molecular flexibility index (Phi) is 6.82. The van der Waals surface area contributed by atoms with Crippen molar-refractivity contribution in [2.45, 2.75) is 25.8 Å². The van der Waals surface area contributed by atoms with Gasteiger partial charge in [-0.25, -0.2) is 0 Å². The lowest BCUT2D eigenvalue weighted by Crippen LogP contribution is -2.66. The number of thioether (sulfide) groups is 1. The van der Waals surface area contributed by atoms with Crippen LogP contribution in [0.5, 0.6) is 0 Å². The van der Waals surface area contributed by atoms with Crippen molar-refractivity contribution in [1.82, 2.24) is 0 Å². The zero-order chi connectivity index (χ0) is 18.3. The summed E-state index contributed by atoms with van der Waals surface area (Å²) in [6.07, 6.45) is 5.22. The van der Waals surface area contributed by atoms with Crippen molar-refractivity contribution in [2.75, 3.05) is 12.9 Å². The van der Waals surface area contributed by atoms with Crippen LogP contribution in [0.4, 0.5) is 0 Å². The van der Waals surface area contributed by atoms with Gasteiger partial charge in [0.15, 0.2) is 0 Å². The van der Waals surface area contributed by atoms with Gasteiger partial charge in [-0.05, 0) is 27.7 Å². The molecule has 4 heteroatoms. The Bertz CT molecular complexity index is 666. The predicted molar refractivity (Wildman–Crippen MR) is 111 cm³/mol. The maximum atomic E-state index is 11.5. The topological polar surface area (TPSA) is 26.3 Å².